The largest absolute Gasteiger partial charge is 0.489 e. The summed E-state index contributed by atoms with van der Waals surface area (Å²) >= 11 is 5.72. The maximum atomic E-state index is 13.6. The molecule has 2 aromatic rings. The van der Waals surface area contributed by atoms with E-state index in [-0.39, 0.29) is 12.4 Å². The van der Waals surface area contributed by atoms with Crippen LogP contribution in [0.5, 0.6) is 5.75 Å². The summed E-state index contributed by atoms with van der Waals surface area (Å²) in [5.41, 5.74) is 1.62. The van der Waals surface area contributed by atoms with Gasteiger partial charge < -0.3 is 4.74 Å². The van der Waals surface area contributed by atoms with Crippen molar-refractivity contribution in [3.63, 3.8) is 0 Å². The van der Waals surface area contributed by atoms with Crippen LogP contribution in [0.3, 0.4) is 0 Å². The highest BCUT2D eigenvalue weighted by Gasteiger charge is 2.08. The van der Waals surface area contributed by atoms with E-state index in [1.54, 1.807) is 12.1 Å². The SMILES string of the molecule is CC(C)c1ccccc1OCc1ccc(Cl)cc1F. The van der Waals surface area contributed by atoms with Crippen LogP contribution in [0.25, 0.3) is 0 Å². The molecule has 0 aliphatic carbocycles. The average molecular weight is 279 g/mol. The molecule has 3 heteroatoms. The number of hydrogen-bond acceptors (Lipinski definition) is 1. The molecule has 2 rings (SSSR count). The van der Waals surface area contributed by atoms with Crippen LogP contribution in [0.4, 0.5) is 4.39 Å². The van der Waals surface area contributed by atoms with Crippen molar-refractivity contribution in [3.05, 3.63) is 64.4 Å². The Kier molecular flexibility index (Phi) is 4.43. The van der Waals surface area contributed by atoms with Gasteiger partial charge in [0.1, 0.15) is 18.2 Å². The molecule has 1 nitrogen and oxygen atoms in total. The van der Waals surface area contributed by atoms with Crippen LogP contribution in [-0.4, -0.2) is 0 Å². The quantitative estimate of drug-likeness (QED) is 0.748. The van der Waals surface area contributed by atoms with Gasteiger partial charge in [-0.15, -0.1) is 0 Å². The zero-order valence-corrected chi connectivity index (χ0v) is 11.7. The summed E-state index contributed by atoms with van der Waals surface area (Å²) in [6.07, 6.45) is 0. The van der Waals surface area contributed by atoms with Crippen molar-refractivity contribution in [2.45, 2.75) is 26.4 Å². The Hall–Kier alpha value is -1.54. The molecule has 0 spiro atoms. The number of benzene rings is 2. The van der Waals surface area contributed by atoms with Gasteiger partial charge in [-0.1, -0.05) is 49.7 Å². The summed E-state index contributed by atoms with van der Waals surface area (Å²) in [7, 11) is 0. The summed E-state index contributed by atoms with van der Waals surface area (Å²) in [5.74, 6) is 0.827. The van der Waals surface area contributed by atoms with Gasteiger partial charge in [0.15, 0.2) is 0 Å². The molecule has 0 bridgehead atoms. The summed E-state index contributed by atoms with van der Waals surface area (Å²) in [6.45, 7) is 4.41. The first kappa shape index (κ1) is 13.9. The first-order chi connectivity index (χ1) is 9.08. The normalized spacial score (nSPS) is 10.8. The van der Waals surface area contributed by atoms with E-state index < -0.39 is 0 Å². The van der Waals surface area contributed by atoms with Gasteiger partial charge in [-0.2, -0.15) is 0 Å². The van der Waals surface area contributed by atoms with E-state index in [1.165, 1.54) is 6.07 Å². The lowest BCUT2D eigenvalue weighted by molar-refractivity contribution is 0.295. The van der Waals surface area contributed by atoms with E-state index in [9.17, 15) is 4.39 Å². The first-order valence-corrected chi connectivity index (χ1v) is 6.61. The van der Waals surface area contributed by atoms with Gasteiger partial charge in [0.25, 0.3) is 0 Å². The number of ether oxygens (including phenoxy) is 1. The van der Waals surface area contributed by atoms with Crippen LogP contribution in [-0.2, 0) is 6.61 Å². The zero-order chi connectivity index (χ0) is 13.8. The van der Waals surface area contributed by atoms with Gasteiger partial charge in [-0.05, 0) is 29.7 Å². The summed E-state index contributed by atoms with van der Waals surface area (Å²) in [6, 6.07) is 12.4. The average Bonchev–Trinajstić information content (AvgIpc) is 2.38. The maximum absolute atomic E-state index is 13.6. The second-order valence-electron chi connectivity index (χ2n) is 4.72. The van der Waals surface area contributed by atoms with Crippen LogP contribution >= 0.6 is 11.6 Å². The van der Waals surface area contributed by atoms with Crippen molar-refractivity contribution in [3.8, 4) is 5.75 Å². The first-order valence-electron chi connectivity index (χ1n) is 6.23. The fourth-order valence-electron chi connectivity index (χ4n) is 1.88. The van der Waals surface area contributed by atoms with Gasteiger partial charge in [-0.3, -0.25) is 0 Å². The number of hydrogen-bond donors (Lipinski definition) is 0. The summed E-state index contributed by atoms with van der Waals surface area (Å²) in [5, 5.41) is 0.392. The molecule has 0 unspecified atom stereocenters. The standard InChI is InChI=1S/C16H16ClFO/c1-11(2)14-5-3-4-6-16(14)19-10-12-7-8-13(17)9-15(12)18/h3-9,11H,10H2,1-2H3. The molecule has 2 aromatic carbocycles. The highest BCUT2D eigenvalue weighted by atomic mass is 35.5. The fraction of sp³-hybridized carbons (Fsp3) is 0.250. The summed E-state index contributed by atoms with van der Waals surface area (Å²) in [4.78, 5) is 0. The Morgan fingerprint density at radius 1 is 1.16 bits per heavy atom. The Morgan fingerprint density at radius 3 is 2.58 bits per heavy atom. The van der Waals surface area contributed by atoms with Crippen molar-refractivity contribution >= 4 is 11.6 Å². The molecule has 0 saturated heterocycles. The molecule has 0 aliphatic rings. The Balaban J connectivity index is 2.14. The van der Waals surface area contributed by atoms with Crippen LogP contribution < -0.4 is 4.74 Å². The van der Waals surface area contributed by atoms with E-state index in [0.29, 0.717) is 16.5 Å². The minimum absolute atomic E-state index is 0.201. The third-order valence-corrected chi connectivity index (χ3v) is 3.17. The summed E-state index contributed by atoms with van der Waals surface area (Å²) < 4.78 is 19.4. The molecule has 100 valence electrons. The molecule has 0 atom stereocenters. The molecular formula is C16H16ClFO. The lowest BCUT2D eigenvalue weighted by atomic mass is 10.0. The van der Waals surface area contributed by atoms with Gasteiger partial charge in [0.2, 0.25) is 0 Å². The lowest BCUT2D eigenvalue weighted by Gasteiger charge is -2.14. The van der Waals surface area contributed by atoms with Crippen LogP contribution in [0, 0.1) is 5.82 Å². The molecule has 0 N–H and O–H groups in total. The van der Waals surface area contributed by atoms with Gasteiger partial charge in [0.05, 0.1) is 0 Å². The minimum atomic E-state index is -0.338. The van der Waals surface area contributed by atoms with E-state index in [1.807, 2.05) is 24.3 Å². The predicted octanol–water partition coefficient (Wildman–Crippen LogP) is 5.18. The second-order valence-corrected chi connectivity index (χ2v) is 5.15. The molecule has 0 fully saturated rings. The van der Waals surface area contributed by atoms with Crippen molar-refractivity contribution < 1.29 is 9.13 Å². The topological polar surface area (TPSA) is 9.23 Å². The van der Waals surface area contributed by atoms with Gasteiger partial charge in [-0.25, -0.2) is 4.39 Å². The van der Waals surface area contributed by atoms with Crippen molar-refractivity contribution in [2.75, 3.05) is 0 Å². The van der Waals surface area contributed by atoms with Gasteiger partial charge >= 0.3 is 0 Å². The predicted molar refractivity (Wildman–Crippen MR) is 76.3 cm³/mol. The Labute approximate surface area is 118 Å². The van der Waals surface area contributed by atoms with Crippen molar-refractivity contribution in [1.82, 2.24) is 0 Å². The minimum Gasteiger partial charge on any atom is -0.489 e. The third kappa shape index (κ3) is 3.48. The number of halogens is 2. The fourth-order valence-corrected chi connectivity index (χ4v) is 2.04. The molecular weight excluding hydrogens is 263 g/mol. The van der Waals surface area contributed by atoms with E-state index in [4.69, 9.17) is 16.3 Å². The third-order valence-electron chi connectivity index (χ3n) is 2.94. The van der Waals surface area contributed by atoms with Crippen molar-refractivity contribution in [2.24, 2.45) is 0 Å². The second kappa shape index (κ2) is 6.07. The molecule has 19 heavy (non-hydrogen) atoms. The number of rotatable bonds is 4. The molecule has 0 heterocycles. The Morgan fingerprint density at radius 2 is 1.89 bits per heavy atom. The molecule has 0 radical (unpaired) electrons. The smallest absolute Gasteiger partial charge is 0.131 e. The van der Waals surface area contributed by atoms with Crippen LogP contribution in [0.2, 0.25) is 5.02 Å². The molecule has 0 aliphatic heterocycles. The van der Waals surface area contributed by atoms with E-state index in [0.717, 1.165) is 11.3 Å². The van der Waals surface area contributed by atoms with E-state index >= 15 is 0 Å². The monoisotopic (exact) mass is 278 g/mol. The highest BCUT2D eigenvalue weighted by Crippen LogP contribution is 2.27. The highest BCUT2D eigenvalue weighted by molar-refractivity contribution is 6.30. The van der Waals surface area contributed by atoms with Crippen LogP contribution in [0.1, 0.15) is 30.9 Å². The molecule has 0 amide bonds. The molecule has 0 saturated carbocycles. The van der Waals surface area contributed by atoms with Crippen LogP contribution in [0.15, 0.2) is 42.5 Å². The van der Waals surface area contributed by atoms with E-state index in [2.05, 4.69) is 13.8 Å². The zero-order valence-electron chi connectivity index (χ0n) is 11.0. The molecule has 0 aromatic heterocycles. The van der Waals surface area contributed by atoms with Gasteiger partial charge in [0, 0.05) is 10.6 Å². The maximum Gasteiger partial charge on any atom is 0.131 e. The Bertz CT molecular complexity index is 566. The number of para-hydroxylation sites is 1. The van der Waals surface area contributed by atoms with Crippen molar-refractivity contribution in [1.29, 1.82) is 0 Å². The lowest BCUT2D eigenvalue weighted by Crippen LogP contribution is -2.01.